The van der Waals surface area contributed by atoms with E-state index in [2.05, 4.69) is 11.9 Å². The van der Waals surface area contributed by atoms with Crippen molar-refractivity contribution < 1.29 is 27.8 Å². The maximum atomic E-state index is 12.9. The van der Waals surface area contributed by atoms with Gasteiger partial charge in [-0.3, -0.25) is 0 Å². The first kappa shape index (κ1) is 25.3. The number of aromatic nitrogens is 1. The number of halogens is 4. The quantitative estimate of drug-likeness (QED) is 0.311. The van der Waals surface area contributed by atoms with Crippen LogP contribution < -0.4 is 4.74 Å². The Hall–Kier alpha value is -3.32. The standard InChI is InChI=1S/C26H23ClF3NO3/c1-2-3-7-24(34-23-14-8-17(16-20(23)27)9-15-25(32)33)22-6-4-5-21(31-22)18-10-12-19(13-11-18)26(28,29)30/h4-6,8-16,24H,2-3,7H2,1H3,(H,32,33)/b15-9+/t24-/m0/s1. The Morgan fingerprint density at radius 3 is 2.50 bits per heavy atom. The van der Waals surface area contributed by atoms with Crippen LogP contribution in [0.5, 0.6) is 5.75 Å². The first-order chi connectivity index (χ1) is 16.2. The zero-order chi connectivity index (χ0) is 24.7. The maximum absolute atomic E-state index is 12.9. The number of unbranched alkanes of at least 4 members (excludes halogenated alkanes) is 1. The van der Waals surface area contributed by atoms with Gasteiger partial charge < -0.3 is 9.84 Å². The summed E-state index contributed by atoms with van der Waals surface area (Å²) in [5, 5.41) is 9.11. The van der Waals surface area contributed by atoms with Crippen molar-refractivity contribution in [2.75, 3.05) is 0 Å². The highest BCUT2D eigenvalue weighted by Crippen LogP contribution is 2.34. The molecule has 1 aromatic heterocycles. The van der Waals surface area contributed by atoms with Crippen molar-refractivity contribution in [1.82, 2.24) is 4.98 Å². The van der Waals surface area contributed by atoms with Crippen LogP contribution in [0, 0.1) is 0 Å². The Kier molecular flexibility index (Phi) is 8.34. The molecular formula is C26H23ClF3NO3. The minimum Gasteiger partial charge on any atom is -0.483 e. The molecule has 0 radical (unpaired) electrons. The second kappa shape index (κ2) is 11.2. The lowest BCUT2D eigenvalue weighted by atomic mass is 10.1. The molecule has 0 fully saturated rings. The van der Waals surface area contributed by atoms with Gasteiger partial charge in [-0.05, 0) is 60.9 Å². The van der Waals surface area contributed by atoms with Crippen LogP contribution in [0.25, 0.3) is 17.3 Å². The van der Waals surface area contributed by atoms with Gasteiger partial charge in [0.05, 0.1) is 22.0 Å². The summed E-state index contributed by atoms with van der Waals surface area (Å²) in [4.78, 5) is 15.4. The fourth-order valence-corrected chi connectivity index (χ4v) is 3.55. The molecule has 0 amide bonds. The van der Waals surface area contributed by atoms with Crippen LogP contribution in [-0.4, -0.2) is 16.1 Å². The molecule has 0 aliphatic heterocycles. The Morgan fingerprint density at radius 1 is 1.15 bits per heavy atom. The van der Waals surface area contributed by atoms with E-state index < -0.39 is 23.8 Å². The van der Waals surface area contributed by atoms with E-state index in [0.717, 1.165) is 31.1 Å². The molecule has 1 N–H and O–H groups in total. The van der Waals surface area contributed by atoms with Gasteiger partial charge in [0.15, 0.2) is 0 Å². The molecule has 0 aliphatic carbocycles. The third-order valence-electron chi connectivity index (χ3n) is 5.07. The summed E-state index contributed by atoms with van der Waals surface area (Å²) in [6.07, 6.45) is 0.0996. The molecule has 3 rings (SSSR count). The van der Waals surface area contributed by atoms with Crippen LogP contribution in [0.1, 0.15) is 49.1 Å². The van der Waals surface area contributed by atoms with Crippen LogP contribution in [0.15, 0.2) is 66.7 Å². The van der Waals surface area contributed by atoms with Gasteiger partial charge in [-0.2, -0.15) is 13.2 Å². The maximum Gasteiger partial charge on any atom is 0.416 e. The van der Waals surface area contributed by atoms with E-state index >= 15 is 0 Å². The number of pyridine rings is 1. The highest BCUT2D eigenvalue weighted by molar-refractivity contribution is 6.32. The van der Waals surface area contributed by atoms with Crippen LogP contribution in [0.2, 0.25) is 5.02 Å². The van der Waals surface area contributed by atoms with Crippen LogP contribution in [0.4, 0.5) is 13.2 Å². The van der Waals surface area contributed by atoms with Crippen molar-refractivity contribution in [1.29, 1.82) is 0 Å². The highest BCUT2D eigenvalue weighted by Gasteiger charge is 2.30. The molecule has 34 heavy (non-hydrogen) atoms. The normalized spacial score (nSPS) is 12.6. The lowest BCUT2D eigenvalue weighted by molar-refractivity contribution is -0.137. The number of carboxylic acid groups (broad SMARTS) is 1. The zero-order valence-corrected chi connectivity index (χ0v) is 19.1. The van der Waals surface area contributed by atoms with Crippen LogP contribution in [0.3, 0.4) is 0 Å². The van der Waals surface area contributed by atoms with E-state index in [1.807, 2.05) is 6.07 Å². The van der Waals surface area contributed by atoms with E-state index in [4.69, 9.17) is 21.4 Å². The predicted octanol–water partition coefficient (Wildman–Crippen LogP) is 7.83. The van der Waals surface area contributed by atoms with Crippen molar-refractivity contribution in [3.8, 4) is 17.0 Å². The monoisotopic (exact) mass is 489 g/mol. The summed E-state index contributed by atoms with van der Waals surface area (Å²) < 4.78 is 44.8. The molecule has 0 aliphatic rings. The van der Waals surface area contributed by atoms with Crippen LogP contribution in [-0.2, 0) is 11.0 Å². The van der Waals surface area contributed by atoms with Gasteiger partial charge in [-0.15, -0.1) is 0 Å². The first-order valence-corrected chi connectivity index (χ1v) is 11.1. The molecule has 3 aromatic rings. The van der Waals surface area contributed by atoms with E-state index in [-0.39, 0.29) is 0 Å². The molecule has 0 spiro atoms. The van der Waals surface area contributed by atoms with Crippen molar-refractivity contribution in [2.45, 2.75) is 38.5 Å². The number of carboxylic acids is 1. The van der Waals surface area contributed by atoms with E-state index in [1.165, 1.54) is 18.2 Å². The number of hydrogen-bond donors (Lipinski definition) is 1. The second-order valence-corrected chi connectivity index (χ2v) is 8.04. The average Bonchev–Trinajstić information content (AvgIpc) is 2.81. The lowest BCUT2D eigenvalue weighted by Crippen LogP contribution is -2.10. The van der Waals surface area contributed by atoms with E-state index in [0.29, 0.717) is 39.7 Å². The largest absolute Gasteiger partial charge is 0.483 e. The highest BCUT2D eigenvalue weighted by atomic mass is 35.5. The Balaban J connectivity index is 1.86. The number of ether oxygens (including phenoxy) is 1. The summed E-state index contributed by atoms with van der Waals surface area (Å²) in [5.74, 6) is -0.632. The molecule has 0 saturated heterocycles. The summed E-state index contributed by atoms with van der Waals surface area (Å²) in [6, 6.07) is 15.2. The lowest BCUT2D eigenvalue weighted by Gasteiger charge is -2.20. The summed E-state index contributed by atoms with van der Waals surface area (Å²) in [5.41, 5.74) is 1.64. The number of aliphatic carboxylic acids is 1. The van der Waals surface area contributed by atoms with Gasteiger partial charge in [0.25, 0.3) is 0 Å². The molecule has 0 bridgehead atoms. The molecule has 1 heterocycles. The molecule has 0 saturated carbocycles. The van der Waals surface area contributed by atoms with Gasteiger partial charge in [-0.25, -0.2) is 9.78 Å². The van der Waals surface area contributed by atoms with Crippen LogP contribution >= 0.6 is 11.6 Å². The van der Waals surface area contributed by atoms with Gasteiger partial charge in [0.1, 0.15) is 11.9 Å². The molecule has 0 unspecified atom stereocenters. The summed E-state index contributed by atoms with van der Waals surface area (Å²) in [7, 11) is 0. The van der Waals surface area contributed by atoms with E-state index in [9.17, 15) is 18.0 Å². The molecule has 4 nitrogen and oxygen atoms in total. The average molecular weight is 490 g/mol. The van der Waals surface area contributed by atoms with Crippen molar-refractivity contribution in [3.63, 3.8) is 0 Å². The number of alkyl halides is 3. The second-order valence-electron chi connectivity index (χ2n) is 7.63. The van der Waals surface area contributed by atoms with Gasteiger partial charge in [-0.1, -0.05) is 49.2 Å². The number of nitrogens with zero attached hydrogens (tertiary/aromatic N) is 1. The van der Waals surface area contributed by atoms with Gasteiger partial charge in [0.2, 0.25) is 0 Å². The zero-order valence-electron chi connectivity index (χ0n) is 18.3. The molecule has 1 atom stereocenters. The Labute approximate surface area is 200 Å². The van der Waals surface area contributed by atoms with Gasteiger partial charge in [0, 0.05) is 11.6 Å². The fourth-order valence-electron chi connectivity index (χ4n) is 3.32. The molecule has 8 heteroatoms. The summed E-state index contributed by atoms with van der Waals surface area (Å²) in [6.45, 7) is 2.06. The Bertz CT molecular complexity index is 1160. The molecule has 178 valence electrons. The topological polar surface area (TPSA) is 59.4 Å². The smallest absolute Gasteiger partial charge is 0.416 e. The first-order valence-electron chi connectivity index (χ1n) is 10.7. The number of hydrogen-bond acceptors (Lipinski definition) is 3. The van der Waals surface area contributed by atoms with Crippen molar-refractivity contribution >= 4 is 23.6 Å². The predicted molar refractivity (Wildman–Crippen MR) is 126 cm³/mol. The van der Waals surface area contributed by atoms with E-state index in [1.54, 1.807) is 30.3 Å². The van der Waals surface area contributed by atoms with Gasteiger partial charge >= 0.3 is 12.1 Å². The summed E-state index contributed by atoms with van der Waals surface area (Å²) >= 11 is 6.37. The third-order valence-corrected chi connectivity index (χ3v) is 5.37. The third kappa shape index (κ3) is 6.84. The minimum atomic E-state index is -4.40. The van der Waals surface area contributed by atoms with Crippen molar-refractivity contribution in [2.24, 2.45) is 0 Å². The fraction of sp³-hybridized carbons (Fsp3) is 0.231. The molecular weight excluding hydrogens is 467 g/mol. The van der Waals surface area contributed by atoms with Crippen molar-refractivity contribution in [3.05, 3.63) is 88.6 Å². The minimum absolute atomic E-state index is 0.327. The number of benzene rings is 2. The number of carbonyl (C=O) groups is 1. The number of rotatable bonds is 9. The SMILES string of the molecule is CCCC[C@H](Oc1ccc(/C=C/C(=O)O)cc1Cl)c1cccc(-c2ccc(C(F)(F)F)cc2)n1. The molecule has 2 aromatic carbocycles. The Morgan fingerprint density at radius 2 is 1.88 bits per heavy atom.